The number of amides is 1. The fourth-order valence-electron chi connectivity index (χ4n) is 2.23. The summed E-state index contributed by atoms with van der Waals surface area (Å²) in [6, 6.07) is -1.37. The molecular formula is C14H21NO8. The molecule has 1 aliphatic rings. The Labute approximate surface area is 133 Å². The molecule has 23 heavy (non-hydrogen) atoms. The molecule has 0 radical (unpaired) electrons. The second-order valence-electron chi connectivity index (χ2n) is 4.92. The molecular weight excluding hydrogens is 310 g/mol. The molecule has 0 unspecified atom stereocenters. The van der Waals surface area contributed by atoms with Gasteiger partial charge in [-0.1, -0.05) is 0 Å². The molecule has 9 heteroatoms. The summed E-state index contributed by atoms with van der Waals surface area (Å²) in [4.78, 5) is 47.5. The van der Waals surface area contributed by atoms with E-state index in [0.717, 1.165) is 27.8 Å². The van der Waals surface area contributed by atoms with Gasteiger partial charge < -0.3 is 24.3 Å². The quantitative estimate of drug-likeness (QED) is 0.475. The fraction of sp³-hybridized carbons (Fsp3) is 0.714. The molecule has 0 saturated carbocycles. The second kappa shape index (κ2) is 9.09. The van der Waals surface area contributed by atoms with Gasteiger partial charge in [-0.05, 0) is 12.8 Å². The van der Waals surface area contributed by atoms with E-state index >= 15 is 0 Å². The lowest BCUT2D eigenvalue weighted by atomic mass is 9.95. The predicted molar refractivity (Wildman–Crippen MR) is 75.1 cm³/mol. The molecule has 1 amide bonds. The highest BCUT2D eigenvalue weighted by atomic mass is 16.5. The summed E-state index contributed by atoms with van der Waals surface area (Å²) in [5.41, 5.74) is 0. The van der Waals surface area contributed by atoms with E-state index in [1.807, 2.05) is 0 Å². The number of carbonyl (C=O) groups is 4. The average Bonchev–Trinajstić information content (AvgIpc) is 3.10. The van der Waals surface area contributed by atoms with Crippen molar-refractivity contribution < 1.29 is 38.1 Å². The molecule has 1 saturated heterocycles. The molecule has 1 heterocycles. The van der Waals surface area contributed by atoms with E-state index in [4.69, 9.17) is 4.74 Å². The molecule has 0 aliphatic carbocycles. The van der Waals surface area contributed by atoms with Crippen LogP contribution in [0, 0.1) is 5.92 Å². The topological polar surface area (TPSA) is 117 Å². The fourth-order valence-corrected chi connectivity index (χ4v) is 2.23. The summed E-state index contributed by atoms with van der Waals surface area (Å²) in [7, 11) is 3.37. The first kappa shape index (κ1) is 18.9. The first-order valence-electron chi connectivity index (χ1n) is 7.09. The van der Waals surface area contributed by atoms with Crippen molar-refractivity contribution in [2.75, 3.05) is 27.9 Å². The van der Waals surface area contributed by atoms with Crippen LogP contribution in [0.25, 0.3) is 0 Å². The van der Waals surface area contributed by atoms with Crippen LogP contribution in [-0.4, -0.2) is 63.9 Å². The Morgan fingerprint density at radius 1 is 1.09 bits per heavy atom. The molecule has 1 aliphatic heterocycles. The van der Waals surface area contributed by atoms with Gasteiger partial charge in [0.05, 0.1) is 33.7 Å². The maximum Gasteiger partial charge on any atom is 0.329 e. The first-order chi connectivity index (χ1) is 10.9. The van der Waals surface area contributed by atoms with E-state index in [2.05, 4.69) is 19.5 Å². The third kappa shape index (κ3) is 5.20. The van der Waals surface area contributed by atoms with E-state index in [-0.39, 0.29) is 0 Å². The molecule has 0 bridgehead atoms. The number of ether oxygens (including phenoxy) is 4. The van der Waals surface area contributed by atoms with Crippen molar-refractivity contribution in [2.45, 2.75) is 31.4 Å². The summed E-state index contributed by atoms with van der Waals surface area (Å²) in [5.74, 6) is -4.23. The van der Waals surface area contributed by atoms with E-state index in [1.54, 1.807) is 0 Å². The minimum absolute atomic E-state index is 0.436. The van der Waals surface area contributed by atoms with Gasteiger partial charge in [-0.15, -0.1) is 0 Å². The van der Waals surface area contributed by atoms with Gasteiger partial charge in [-0.25, -0.2) is 4.79 Å². The largest absolute Gasteiger partial charge is 0.469 e. The molecule has 1 N–H and O–H groups in total. The Balaban J connectivity index is 2.93. The van der Waals surface area contributed by atoms with Crippen molar-refractivity contribution >= 4 is 23.8 Å². The Kier molecular flexibility index (Phi) is 7.46. The van der Waals surface area contributed by atoms with Crippen LogP contribution in [0.5, 0.6) is 0 Å². The van der Waals surface area contributed by atoms with Gasteiger partial charge >= 0.3 is 17.9 Å². The molecule has 0 aromatic carbocycles. The number of hydrogen-bond donors (Lipinski definition) is 1. The second-order valence-corrected chi connectivity index (χ2v) is 4.92. The smallest absolute Gasteiger partial charge is 0.329 e. The number of rotatable bonds is 7. The van der Waals surface area contributed by atoms with Crippen molar-refractivity contribution in [3.8, 4) is 0 Å². The molecule has 3 atom stereocenters. The molecule has 130 valence electrons. The van der Waals surface area contributed by atoms with Gasteiger partial charge in [-0.2, -0.15) is 0 Å². The van der Waals surface area contributed by atoms with Gasteiger partial charge in [0.1, 0.15) is 12.1 Å². The SMILES string of the molecule is COC(=O)C[C@@H](C(=O)OC)[C@@H](NC(=O)[C@@H]1CCCO1)C(=O)OC. The Morgan fingerprint density at radius 3 is 2.22 bits per heavy atom. The molecule has 0 aromatic heterocycles. The van der Waals surface area contributed by atoms with Crippen LogP contribution in [-0.2, 0) is 38.1 Å². The summed E-state index contributed by atoms with van der Waals surface area (Å²) in [6.07, 6.45) is 0.108. The van der Waals surface area contributed by atoms with E-state index in [0.29, 0.717) is 13.0 Å². The Bertz CT molecular complexity index is 458. The number of esters is 3. The molecule has 9 nitrogen and oxygen atoms in total. The highest BCUT2D eigenvalue weighted by molar-refractivity contribution is 5.92. The van der Waals surface area contributed by atoms with Crippen LogP contribution in [0.3, 0.4) is 0 Å². The number of hydrogen-bond acceptors (Lipinski definition) is 8. The Morgan fingerprint density at radius 2 is 1.74 bits per heavy atom. The first-order valence-corrected chi connectivity index (χ1v) is 7.09. The van der Waals surface area contributed by atoms with Crippen molar-refractivity contribution in [3.63, 3.8) is 0 Å². The van der Waals surface area contributed by atoms with E-state index < -0.39 is 48.3 Å². The third-order valence-corrected chi connectivity index (χ3v) is 3.50. The Hall–Kier alpha value is -2.16. The van der Waals surface area contributed by atoms with Crippen LogP contribution in [0.1, 0.15) is 19.3 Å². The van der Waals surface area contributed by atoms with E-state index in [1.165, 1.54) is 0 Å². The lowest BCUT2D eigenvalue weighted by molar-refractivity contribution is -0.160. The minimum atomic E-state index is -1.37. The summed E-state index contributed by atoms with van der Waals surface area (Å²) in [6.45, 7) is 0.448. The van der Waals surface area contributed by atoms with Gasteiger partial charge in [0.2, 0.25) is 5.91 Å². The zero-order valence-electron chi connectivity index (χ0n) is 13.3. The molecule has 1 rings (SSSR count). The zero-order valence-corrected chi connectivity index (χ0v) is 13.3. The van der Waals surface area contributed by atoms with Crippen LogP contribution in [0.15, 0.2) is 0 Å². The van der Waals surface area contributed by atoms with Gasteiger partial charge in [0, 0.05) is 6.61 Å². The normalized spacial score (nSPS) is 19.3. The van der Waals surface area contributed by atoms with E-state index in [9.17, 15) is 19.2 Å². The van der Waals surface area contributed by atoms with Crippen molar-refractivity contribution in [2.24, 2.45) is 5.92 Å². The van der Waals surface area contributed by atoms with Crippen LogP contribution >= 0.6 is 0 Å². The number of carbonyl (C=O) groups excluding carboxylic acids is 4. The molecule has 0 aromatic rings. The van der Waals surface area contributed by atoms with Crippen molar-refractivity contribution in [3.05, 3.63) is 0 Å². The van der Waals surface area contributed by atoms with Crippen LogP contribution < -0.4 is 5.32 Å². The standard InChI is InChI=1S/C14H21NO8/c1-20-10(16)7-8(13(18)21-2)11(14(19)22-3)15-12(17)9-5-4-6-23-9/h8-9,11H,4-7H2,1-3H3,(H,15,17)/t8-,9+,11-/m1/s1. The minimum Gasteiger partial charge on any atom is -0.469 e. The predicted octanol–water partition coefficient (Wildman–Crippen LogP) is -0.824. The number of nitrogens with one attached hydrogen (secondary N) is 1. The highest BCUT2D eigenvalue weighted by Gasteiger charge is 2.40. The van der Waals surface area contributed by atoms with Gasteiger partial charge in [-0.3, -0.25) is 14.4 Å². The number of methoxy groups -OCH3 is 3. The van der Waals surface area contributed by atoms with Crippen LogP contribution in [0.2, 0.25) is 0 Å². The summed E-state index contributed by atoms with van der Waals surface area (Å²) < 4.78 is 18.9. The zero-order chi connectivity index (χ0) is 17.4. The molecule has 1 fully saturated rings. The van der Waals surface area contributed by atoms with Crippen LogP contribution in [0.4, 0.5) is 0 Å². The van der Waals surface area contributed by atoms with Gasteiger partial charge in [0.15, 0.2) is 0 Å². The lowest BCUT2D eigenvalue weighted by Crippen LogP contribution is -2.52. The summed E-state index contributed by atoms with van der Waals surface area (Å²) >= 11 is 0. The monoisotopic (exact) mass is 331 g/mol. The molecule has 0 spiro atoms. The third-order valence-electron chi connectivity index (χ3n) is 3.50. The van der Waals surface area contributed by atoms with Crippen molar-refractivity contribution in [1.82, 2.24) is 5.32 Å². The van der Waals surface area contributed by atoms with Crippen molar-refractivity contribution in [1.29, 1.82) is 0 Å². The maximum atomic E-state index is 12.1. The lowest BCUT2D eigenvalue weighted by Gasteiger charge is -2.24. The summed E-state index contributed by atoms with van der Waals surface area (Å²) in [5, 5.41) is 2.41. The maximum absolute atomic E-state index is 12.1. The highest BCUT2D eigenvalue weighted by Crippen LogP contribution is 2.17. The average molecular weight is 331 g/mol. The van der Waals surface area contributed by atoms with Gasteiger partial charge in [0.25, 0.3) is 0 Å².